The molecule has 5 nitrogen and oxygen atoms in total. The third-order valence-electron chi connectivity index (χ3n) is 6.49. The van der Waals surface area contributed by atoms with Gasteiger partial charge in [-0.2, -0.15) is 0 Å². The molecule has 0 radical (unpaired) electrons. The molecule has 0 fully saturated rings. The topological polar surface area (TPSA) is 67.8 Å². The molecule has 2 N–H and O–H groups in total. The van der Waals surface area contributed by atoms with Crippen LogP contribution in [0.5, 0.6) is 5.75 Å². The number of fused-ring (bicyclic) bond motifs is 1. The lowest BCUT2D eigenvalue weighted by Gasteiger charge is -2.38. The maximum Gasteiger partial charge on any atom is 0.338 e. The van der Waals surface area contributed by atoms with Gasteiger partial charge >= 0.3 is 5.97 Å². The number of hydrogen-bond donors (Lipinski definition) is 2. The van der Waals surface area contributed by atoms with Gasteiger partial charge in [-0.3, -0.25) is 0 Å². The SMILES string of the molecule is COc1ccc(F)cc1C(C)(C)CC(O)(CNc1ccc2c(c1)COC2=O)Cc1cc(F)ccc1F. The van der Waals surface area contributed by atoms with Crippen molar-refractivity contribution in [3.8, 4) is 5.75 Å². The summed E-state index contributed by atoms with van der Waals surface area (Å²) < 4.78 is 53.1. The molecule has 1 heterocycles. The van der Waals surface area contributed by atoms with Crippen LogP contribution < -0.4 is 10.1 Å². The highest BCUT2D eigenvalue weighted by Crippen LogP contribution is 2.39. The summed E-state index contributed by atoms with van der Waals surface area (Å²) in [7, 11) is 1.48. The van der Waals surface area contributed by atoms with Crippen LogP contribution in [0.15, 0.2) is 54.6 Å². The van der Waals surface area contributed by atoms with Crippen molar-refractivity contribution in [1.82, 2.24) is 0 Å². The van der Waals surface area contributed by atoms with Gasteiger partial charge in [0.1, 0.15) is 29.8 Å². The largest absolute Gasteiger partial charge is 0.496 e. The van der Waals surface area contributed by atoms with Crippen LogP contribution in [0, 0.1) is 17.5 Å². The van der Waals surface area contributed by atoms with Gasteiger partial charge in [-0.1, -0.05) is 13.8 Å². The van der Waals surface area contributed by atoms with Crippen LogP contribution in [-0.2, 0) is 23.2 Å². The Balaban J connectivity index is 1.65. The van der Waals surface area contributed by atoms with Crippen molar-refractivity contribution >= 4 is 11.7 Å². The van der Waals surface area contributed by atoms with Crippen molar-refractivity contribution < 1.29 is 32.5 Å². The molecular formula is C28H28F3NO4. The van der Waals surface area contributed by atoms with Crippen LogP contribution in [0.2, 0.25) is 0 Å². The Labute approximate surface area is 207 Å². The van der Waals surface area contributed by atoms with Gasteiger partial charge in [0.05, 0.1) is 18.3 Å². The normalized spacial score (nSPS) is 14.7. The first kappa shape index (κ1) is 25.6. The highest BCUT2D eigenvalue weighted by atomic mass is 19.1. The Morgan fingerprint density at radius 1 is 1.03 bits per heavy atom. The molecule has 8 heteroatoms. The summed E-state index contributed by atoms with van der Waals surface area (Å²) in [5.74, 6) is -1.64. The Bertz CT molecular complexity index is 1290. The highest BCUT2D eigenvalue weighted by Gasteiger charge is 2.38. The molecule has 3 aromatic carbocycles. The van der Waals surface area contributed by atoms with Gasteiger partial charge in [0.2, 0.25) is 0 Å². The number of carbonyl (C=O) groups is 1. The first-order valence-electron chi connectivity index (χ1n) is 11.5. The van der Waals surface area contributed by atoms with E-state index >= 15 is 0 Å². The Hall–Kier alpha value is -3.52. The first-order valence-corrected chi connectivity index (χ1v) is 11.5. The predicted molar refractivity (Wildman–Crippen MR) is 130 cm³/mol. The van der Waals surface area contributed by atoms with E-state index in [1.54, 1.807) is 18.2 Å². The van der Waals surface area contributed by atoms with Crippen LogP contribution in [0.1, 0.15) is 47.3 Å². The monoisotopic (exact) mass is 499 g/mol. The number of nitrogens with one attached hydrogen (secondary N) is 1. The van der Waals surface area contributed by atoms with Crippen molar-refractivity contribution in [1.29, 1.82) is 0 Å². The van der Waals surface area contributed by atoms with Crippen LogP contribution in [0.4, 0.5) is 18.9 Å². The highest BCUT2D eigenvalue weighted by molar-refractivity contribution is 5.93. The average molecular weight is 500 g/mol. The lowest BCUT2D eigenvalue weighted by atomic mass is 9.73. The number of rotatable bonds is 9. The summed E-state index contributed by atoms with van der Waals surface area (Å²) >= 11 is 0. The second kappa shape index (κ2) is 9.85. The van der Waals surface area contributed by atoms with Gasteiger partial charge < -0.3 is 19.9 Å². The number of halogens is 3. The van der Waals surface area contributed by atoms with Gasteiger partial charge in [0, 0.05) is 29.8 Å². The fraction of sp³-hybridized carbons (Fsp3) is 0.321. The van der Waals surface area contributed by atoms with Gasteiger partial charge in [-0.25, -0.2) is 18.0 Å². The molecule has 1 aliphatic heterocycles. The molecular weight excluding hydrogens is 471 g/mol. The Morgan fingerprint density at radius 3 is 2.50 bits per heavy atom. The number of methoxy groups -OCH3 is 1. The fourth-order valence-corrected chi connectivity index (χ4v) is 4.86. The summed E-state index contributed by atoms with van der Waals surface area (Å²) in [6.07, 6.45) is -0.132. The lowest BCUT2D eigenvalue weighted by molar-refractivity contribution is 0.0245. The number of cyclic esters (lactones) is 1. The van der Waals surface area contributed by atoms with Gasteiger partial charge in [-0.15, -0.1) is 0 Å². The maximum absolute atomic E-state index is 14.6. The van der Waals surface area contributed by atoms with E-state index in [0.717, 1.165) is 23.8 Å². The molecule has 0 bridgehead atoms. The number of carbonyl (C=O) groups excluding carboxylic acids is 1. The van der Waals surface area contributed by atoms with E-state index in [-0.39, 0.29) is 37.5 Å². The number of benzene rings is 3. The van der Waals surface area contributed by atoms with E-state index in [1.807, 2.05) is 13.8 Å². The van der Waals surface area contributed by atoms with E-state index in [1.165, 1.54) is 25.3 Å². The number of hydrogen-bond acceptors (Lipinski definition) is 5. The number of aliphatic hydroxyl groups is 1. The van der Waals surface area contributed by atoms with Gasteiger partial charge in [-0.05, 0) is 72.0 Å². The molecule has 1 unspecified atom stereocenters. The second-order valence-electron chi connectivity index (χ2n) is 9.84. The molecule has 3 aromatic rings. The van der Waals surface area contributed by atoms with Crippen LogP contribution in [-0.4, -0.2) is 30.3 Å². The van der Waals surface area contributed by atoms with Crippen molar-refractivity contribution in [3.05, 3.63) is 94.3 Å². The molecule has 0 spiro atoms. The molecule has 36 heavy (non-hydrogen) atoms. The predicted octanol–water partition coefficient (Wildman–Crippen LogP) is 5.54. The van der Waals surface area contributed by atoms with Crippen molar-refractivity contribution in [2.45, 2.75) is 44.3 Å². The Morgan fingerprint density at radius 2 is 1.75 bits per heavy atom. The van der Waals surface area contributed by atoms with Gasteiger partial charge in [0.15, 0.2) is 0 Å². The quantitative estimate of drug-likeness (QED) is 0.379. The van der Waals surface area contributed by atoms with E-state index < -0.39 is 28.5 Å². The fourth-order valence-electron chi connectivity index (χ4n) is 4.86. The molecule has 0 saturated heterocycles. The molecule has 0 aliphatic carbocycles. The van der Waals surface area contributed by atoms with Crippen LogP contribution in [0.25, 0.3) is 0 Å². The van der Waals surface area contributed by atoms with E-state index in [9.17, 15) is 23.1 Å². The van der Waals surface area contributed by atoms with Crippen molar-refractivity contribution in [2.24, 2.45) is 0 Å². The number of anilines is 1. The zero-order valence-electron chi connectivity index (χ0n) is 20.3. The van der Waals surface area contributed by atoms with Crippen LogP contribution >= 0.6 is 0 Å². The molecule has 1 aliphatic rings. The molecule has 4 rings (SSSR count). The minimum atomic E-state index is -1.58. The number of ether oxygens (including phenoxy) is 2. The maximum atomic E-state index is 14.6. The van der Waals surface area contributed by atoms with Crippen molar-refractivity contribution in [2.75, 3.05) is 19.0 Å². The summed E-state index contributed by atoms with van der Waals surface area (Å²) in [4.78, 5) is 11.7. The molecule has 0 amide bonds. The summed E-state index contributed by atoms with van der Waals surface area (Å²) in [5.41, 5.74) is -0.00409. The molecule has 0 saturated carbocycles. The third kappa shape index (κ3) is 5.49. The second-order valence-corrected chi connectivity index (χ2v) is 9.84. The minimum Gasteiger partial charge on any atom is -0.496 e. The van der Waals surface area contributed by atoms with E-state index in [0.29, 0.717) is 22.6 Å². The van der Waals surface area contributed by atoms with Crippen LogP contribution in [0.3, 0.4) is 0 Å². The molecule has 1 atom stereocenters. The summed E-state index contributed by atoms with van der Waals surface area (Å²) in [5, 5.41) is 15.0. The smallest absolute Gasteiger partial charge is 0.338 e. The van der Waals surface area contributed by atoms with Gasteiger partial charge in [0.25, 0.3) is 0 Å². The molecule has 0 aromatic heterocycles. The average Bonchev–Trinajstić information content (AvgIpc) is 3.20. The third-order valence-corrected chi connectivity index (χ3v) is 6.49. The first-order chi connectivity index (χ1) is 17.0. The van der Waals surface area contributed by atoms with E-state index in [4.69, 9.17) is 9.47 Å². The minimum absolute atomic E-state index is 0.0225. The molecule has 190 valence electrons. The lowest BCUT2D eigenvalue weighted by Crippen LogP contribution is -2.44. The standard InChI is InChI=1S/C28H28F3NO4/c1-27(2,23-12-20(30)5-9-25(23)35-3)15-28(34,13-17-10-19(29)4-8-24(17)31)16-32-21-6-7-22-18(11-21)14-36-26(22)33/h4-12,32,34H,13-16H2,1-3H3. The zero-order chi connectivity index (χ0) is 26.1. The zero-order valence-corrected chi connectivity index (χ0v) is 20.3. The Kier molecular flexibility index (Phi) is 7.00. The summed E-state index contributed by atoms with van der Waals surface area (Å²) in [6.45, 7) is 3.79. The number of esters is 1. The van der Waals surface area contributed by atoms with E-state index in [2.05, 4.69) is 5.32 Å². The summed E-state index contributed by atoms with van der Waals surface area (Å²) in [6, 6.07) is 12.4. The van der Waals surface area contributed by atoms with Crippen molar-refractivity contribution in [3.63, 3.8) is 0 Å².